The molecule has 0 radical (unpaired) electrons. The predicted octanol–water partition coefficient (Wildman–Crippen LogP) is 4.85. The number of likely N-dealkylation sites (tertiary alicyclic amines) is 1. The summed E-state index contributed by atoms with van der Waals surface area (Å²) >= 11 is 0. The van der Waals surface area contributed by atoms with E-state index in [1.54, 1.807) is 12.1 Å². The number of hydrogen-bond donors (Lipinski definition) is 2. The number of hydrazine groups is 1. The molecule has 4 rings (SSSR count). The van der Waals surface area contributed by atoms with E-state index in [-0.39, 0.29) is 11.7 Å². The van der Waals surface area contributed by atoms with Crippen molar-refractivity contribution in [2.45, 2.75) is 19.4 Å². The van der Waals surface area contributed by atoms with Crippen LogP contribution in [0.15, 0.2) is 71.7 Å². The summed E-state index contributed by atoms with van der Waals surface area (Å²) in [5.74, 6) is 5.11. The van der Waals surface area contributed by atoms with Gasteiger partial charge < -0.3 is 15.2 Å². The number of nitrogens with two attached hydrogens (primary N) is 1. The van der Waals surface area contributed by atoms with Crippen LogP contribution in [-0.2, 0) is 6.54 Å². The number of hydrogen-bond acceptors (Lipinski definition) is 5. The highest BCUT2D eigenvalue weighted by atomic mass is 19.1. The molecule has 0 aliphatic carbocycles. The smallest absolute Gasteiger partial charge is 0.254 e. The van der Waals surface area contributed by atoms with Crippen molar-refractivity contribution in [1.29, 1.82) is 0 Å². The van der Waals surface area contributed by atoms with E-state index in [1.165, 1.54) is 25.0 Å². The van der Waals surface area contributed by atoms with Crippen LogP contribution in [0, 0.1) is 5.82 Å². The van der Waals surface area contributed by atoms with Gasteiger partial charge in [0.05, 0.1) is 11.4 Å². The van der Waals surface area contributed by atoms with E-state index in [2.05, 4.69) is 28.1 Å². The summed E-state index contributed by atoms with van der Waals surface area (Å²) < 4.78 is 13.4. The van der Waals surface area contributed by atoms with Crippen LogP contribution in [0.5, 0.6) is 0 Å². The predicted molar refractivity (Wildman–Crippen MR) is 136 cm³/mol. The van der Waals surface area contributed by atoms with E-state index in [4.69, 9.17) is 5.84 Å². The van der Waals surface area contributed by atoms with Crippen molar-refractivity contribution in [2.75, 3.05) is 31.6 Å². The van der Waals surface area contributed by atoms with Gasteiger partial charge in [0.25, 0.3) is 5.91 Å². The molecule has 1 fully saturated rings. The fourth-order valence-corrected chi connectivity index (χ4v) is 4.33. The molecule has 3 aromatic rings. The Morgan fingerprint density at radius 3 is 2.50 bits per heavy atom. The number of amides is 1. The van der Waals surface area contributed by atoms with Crippen LogP contribution < -0.4 is 11.3 Å². The maximum atomic E-state index is 13.4. The Kier molecular flexibility index (Phi) is 7.67. The Labute approximate surface area is 199 Å². The van der Waals surface area contributed by atoms with E-state index >= 15 is 0 Å². The maximum Gasteiger partial charge on any atom is 0.254 e. The Morgan fingerprint density at radius 1 is 1.06 bits per heavy atom. The van der Waals surface area contributed by atoms with Gasteiger partial charge in [-0.2, -0.15) is 0 Å². The lowest BCUT2D eigenvalue weighted by Crippen LogP contribution is -2.37. The van der Waals surface area contributed by atoms with Crippen molar-refractivity contribution in [3.05, 3.63) is 83.7 Å². The minimum Gasteiger partial charge on any atom is -0.333 e. The number of anilines is 1. The number of nitrogens with one attached hydrogen (secondary N) is 1. The van der Waals surface area contributed by atoms with Gasteiger partial charge in [-0.25, -0.2) is 4.39 Å². The lowest BCUT2D eigenvalue weighted by Gasteiger charge is -2.26. The van der Waals surface area contributed by atoms with Crippen molar-refractivity contribution in [3.63, 3.8) is 0 Å². The Morgan fingerprint density at radius 2 is 1.79 bits per heavy atom. The van der Waals surface area contributed by atoms with Gasteiger partial charge in [0.15, 0.2) is 0 Å². The molecule has 6 nitrogen and oxygen atoms in total. The average molecular weight is 460 g/mol. The first kappa shape index (κ1) is 23.6. The summed E-state index contributed by atoms with van der Waals surface area (Å²) in [7, 11) is 0. The standard InChI is InChI=1S/C27H30FN5O/c1-30-26-18-23(9-12-25(26)31-29)22-6-4-5-20(17-22)19-33(16-15-32-13-2-3-14-32)27(34)21-7-10-24(28)11-8-21/h4-12,17-18,31H,1-3,13-16,19,29H2. The third-order valence-corrected chi connectivity index (χ3v) is 6.22. The van der Waals surface area contributed by atoms with Gasteiger partial charge in [0, 0.05) is 25.2 Å². The molecule has 1 heterocycles. The van der Waals surface area contributed by atoms with Crippen LogP contribution in [-0.4, -0.2) is 48.6 Å². The number of carbonyl (C=O) groups is 1. The monoisotopic (exact) mass is 459 g/mol. The normalized spacial score (nSPS) is 13.6. The highest BCUT2D eigenvalue weighted by Crippen LogP contribution is 2.31. The number of halogens is 1. The zero-order chi connectivity index (χ0) is 23.9. The fraction of sp³-hybridized carbons (Fsp3) is 0.259. The first-order valence-corrected chi connectivity index (χ1v) is 11.5. The molecule has 0 atom stereocenters. The average Bonchev–Trinajstić information content (AvgIpc) is 3.40. The molecule has 7 heteroatoms. The van der Waals surface area contributed by atoms with Crippen LogP contribution in [0.2, 0.25) is 0 Å². The second kappa shape index (κ2) is 11.0. The molecule has 34 heavy (non-hydrogen) atoms. The van der Waals surface area contributed by atoms with E-state index in [9.17, 15) is 9.18 Å². The molecule has 0 saturated carbocycles. The van der Waals surface area contributed by atoms with Crippen molar-refractivity contribution >= 4 is 24.0 Å². The van der Waals surface area contributed by atoms with Crippen LogP contribution in [0.3, 0.4) is 0 Å². The number of aliphatic imine (C=N–C) groups is 1. The number of nitrogen functional groups attached to an aromatic ring is 1. The minimum atomic E-state index is -0.350. The number of nitrogens with zero attached hydrogens (tertiary/aromatic N) is 3. The van der Waals surface area contributed by atoms with Gasteiger partial charge in [0.2, 0.25) is 0 Å². The van der Waals surface area contributed by atoms with Crippen LogP contribution in [0.1, 0.15) is 28.8 Å². The highest BCUT2D eigenvalue weighted by molar-refractivity contribution is 5.94. The summed E-state index contributed by atoms with van der Waals surface area (Å²) in [6, 6.07) is 19.6. The van der Waals surface area contributed by atoms with Crippen LogP contribution in [0.4, 0.5) is 15.8 Å². The zero-order valence-corrected chi connectivity index (χ0v) is 19.2. The van der Waals surface area contributed by atoms with E-state index in [0.29, 0.717) is 30.0 Å². The molecule has 3 N–H and O–H groups in total. The first-order chi connectivity index (χ1) is 16.6. The molecule has 0 unspecified atom stereocenters. The van der Waals surface area contributed by atoms with Crippen molar-refractivity contribution in [3.8, 4) is 11.1 Å². The van der Waals surface area contributed by atoms with Gasteiger partial charge in [-0.05, 0) is 91.8 Å². The largest absolute Gasteiger partial charge is 0.333 e. The molecular formula is C27H30FN5O. The fourth-order valence-electron chi connectivity index (χ4n) is 4.33. The van der Waals surface area contributed by atoms with Gasteiger partial charge in [0.1, 0.15) is 5.82 Å². The topological polar surface area (TPSA) is 74.0 Å². The first-order valence-electron chi connectivity index (χ1n) is 11.5. The van der Waals surface area contributed by atoms with Gasteiger partial charge >= 0.3 is 0 Å². The molecule has 0 aromatic heterocycles. The Bertz CT molecular complexity index is 1140. The third-order valence-electron chi connectivity index (χ3n) is 6.22. The number of benzene rings is 3. The van der Waals surface area contributed by atoms with Crippen molar-refractivity contribution < 1.29 is 9.18 Å². The summed E-state index contributed by atoms with van der Waals surface area (Å²) in [6.45, 7) is 7.67. The van der Waals surface area contributed by atoms with E-state index < -0.39 is 0 Å². The van der Waals surface area contributed by atoms with Crippen LogP contribution in [0.25, 0.3) is 11.1 Å². The van der Waals surface area contributed by atoms with Gasteiger partial charge in [-0.3, -0.25) is 15.6 Å². The molecule has 3 aromatic carbocycles. The van der Waals surface area contributed by atoms with Crippen molar-refractivity contribution in [2.24, 2.45) is 10.8 Å². The Balaban J connectivity index is 1.57. The lowest BCUT2D eigenvalue weighted by atomic mass is 10.0. The number of rotatable bonds is 9. The zero-order valence-electron chi connectivity index (χ0n) is 19.2. The van der Waals surface area contributed by atoms with Gasteiger partial charge in [-0.15, -0.1) is 0 Å². The third kappa shape index (κ3) is 5.68. The molecule has 1 amide bonds. The second-order valence-electron chi connectivity index (χ2n) is 8.52. The lowest BCUT2D eigenvalue weighted by molar-refractivity contribution is 0.0727. The van der Waals surface area contributed by atoms with Crippen molar-refractivity contribution in [1.82, 2.24) is 9.80 Å². The highest BCUT2D eigenvalue weighted by Gasteiger charge is 2.19. The molecule has 0 bridgehead atoms. The summed E-state index contributed by atoms with van der Waals surface area (Å²) in [5.41, 5.74) is 7.50. The molecular weight excluding hydrogens is 429 g/mol. The summed E-state index contributed by atoms with van der Waals surface area (Å²) in [6.07, 6.45) is 2.40. The molecule has 1 saturated heterocycles. The second-order valence-corrected chi connectivity index (χ2v) is 8.52. The molecule has 1 aliphatic rings. The van der Waals surface area contributed by atoms with E-state index in [0.717, 1.165) is 36.3 Å². The van der Waals surface area contributed by atoms with Crippen LogP contribution >= 0.6 is 0 Å². The van der Waals surface area contributed by atoms with E-state index in [1.807, 2.05) is 41.3 Å². The summed E-state index contributed by atoms with van der Waals surface area (Å²) in [4.78, 5) is 21.6. The SMILES string of the molecule is C=Nc1cc(-c2cccc(CN(CCN3CCCC3)C(=O)c3ccc(F)cc3)c2)ccc1NN. The molecule has 0 spiro atoms. The quantitative estimate of drug-likeness (QED) is 0.273. The van der Waals surface area contributed by atoms with Gasteiger partial charge in [-0.1, -0.05) is 24.3 Å². The Hall–Kier alpha value is -3.55. The molecule has 1 aliphatic heterocycles. The number of carbonyl (C=O) groups excluding carboxylic acids is 1. The summed E-state index contributed by atoms with van der Waals surface area (Å²) in [5, 5.41) is 0. The minimum absolute atomic E-state index is 0.0962. The maximum absolute atomic E-state index is 13.4. The molecule has 176 valence electrons.